The summed E-state index contributed by atoms with van der Waals surface area (Å²) in [6.07, 6.45) is -3.49. The molecule has 0 aromatic heterocycles. The molecule has 0 heterocycles. The molecule has 1 unspecified atom stereocenters. The zero-order valence-electron chi connectivity index (χ0n) is 10.5. The van der Waals surface area contributed by atoms with Gasteiger partial charge in [0.1, 0.15) is 12.4 Å². The highest BCUT2D eigenvalue weighted by Crippen LogP contribution is 2.22. The van der Waals surface area contributed by atoms with E-state index in [1.54, 1.807) is 0 Å². The normalized spacial score (nSPS) is 13.8. The lowest BCUT2D eigenvalue weighted by atomic mass is 10.1. The van der Waals surface area contributed by atoms with E-state index in [1.165, 1.54) is 24.3 Å². The average molecular weight is 298 g/mol. The SMILES string of the molecule is NNC(COCC(F)(F)C(F)F)Cc1ccc(F)cc1. The zero-order chi connectivity index (χ0) is 15.2. The molecule has 0 saturated carbocycles. The van der Waals surface area contributed by atoms with Gasteiger partial charge in [-0.3, -0.25) is 11.3 Å². The highest BCUT2D eigenvalue weighted by molar-refractivity contribution is 5.17. The Hall–Kier alpha value is -1.25. The highest BCUT2D eigenvalue weighted by atomic mass is 19.3. The molecular weight excluding hydrogens is 283 g/mol. The lowest BCUT2D eigenvalue weighted by molar-refractivity contribution is -0.167. The van der Waals surface area contributed by atoms with Gasteiger partial charge < -0.3 is 4.74 Å². The third-order valence-corrected chi connectivity index (χ3v) is 2.56. The molecule has 0 aliphatic carbocycles. The number of rotatable bonds is 8. The van der Waals surface area contributed by atoms with Gasteiger partial charge in [0, 0.05) is 6.04 Å². The number of hydrogen-bond acceptors (Lipinski definition) is 3. The molecule has 20 heavy (non-hydrogen) atoms. The van der Waals surface area contributed by atoms with E-state index in [0.717, 1.165) is 0 Å². The standard InChI is InChI=1S/C12H15F5N2O/c13-9-3-1-8(2-4-9)5-10(19-18)6-20-7-12(16,17)11(14)15/h1-4,10-11,19H,5-7,18H2. The van der Waals surface area contributed by atoms with Gasteiger partial charge >= 0.3 is 12.3 Å². The van der Waals surface area contributed by atoms with Crippen molar-refractivity contribution in [1.82, 2.24) is 5.43 Å². The van der Waals surface area contributed by atoms with E-state index in [-0.39, 0.29) is 13.0 Å². The van der Waals surface area contributed by atoms with E-state index in [9.17, 15) is 22.0 Å². The van der Waals surface area contributed by atoms with Crippen LogP contribution in [-0.4, -0.2) is 31.6 Å². The van der Waals surface area contributed by atoms with Crippen LogP contribution in [0.2, 0.25) is 0 Å². The number of benzene rings is 1. The first kappa shape index (κ1) is 16.8. The van der Waals surface area contributed by atoms with Crippen LogP contribution < -0.4 is 11.3 Å². The number of halogens is 5. The van der Waals surface area contributed by atoms with E-state index in [1.807, 2.05) is 0 Å². The molecule has 1 aromatic carbocycles. The molecule has 3 N–H and O–H groups in total. The number of hydrazine groups is 1. The van der Waals surface area contributed by atoms with Crippen LogP contribution in [0.15, 0.2) is 24.3 Å². The summed E-state index contributed by atoms with van der Waals surface area (Å²) in [5, 5.41) is 0. The van der Waals surface area contributed by atoms with Crippen molar-refractivity contribution >= 4 is 0 Å². The van der Waals surface area contributed by atoms with Crippen molar-refractivity contribution in [1.29, 1.82) is 0 Å². The summed E-state index contributed by atoms with van der Waals surface area (Å²) < 4.78 is 66.3. The second kappa shape index (κ2) is 7.51. The summed E-state index contributed by atoms with van der Waals surface area (Å²) in [5.74, 6) is 0.631. The van der Waals surface area contributed by atoms with Crippen molar-refractivity contribution in [2.24, 2.45) is 5.84 Å². The summed E-state index contributed by atoms with van der Waals surface area (Å²) in [6, 6.07) is 4.96. The fourth-order valence-corrected chi connectivity index (χ4v) is 1.47. The molecule has 1 atom stereocenters. The Morgan fingerprint density at radius 1 is 1.20 bits per heavy atom. The maximum absolute atomic E-state index is 12.7. The Balaban J connectivity index is 2.42. The van der Waals surface area contributed by atoms with Crippen molar-refractivity contribution < 1.29 is 26.7 Å². The van der Waals surface area contributed by atoms with Crippen molar-refractivity contribution in [3.63, 3.8) is 0 Å². The minimum atomic E-state index is -4.19. The summed E-state index contributed by atoms with van der Waals surface area (Å²) in [4.78, 5) is 0. The third-order valence-electron chi connectivity index (χ3n) is 2.56. The number of hydrogen-bond donors (Lipinski definition) is 2. The second-order valence-corrected chi connectivity index (χ2v) is 4.27. The largest absolute Gasteiger partial charge is 0.373 e. The highest BCUT2D eigenvalue weighted by Gasteiger charge is 2.41. The van der Waals surface area contributed by atoms with E-state index >= 15 is 0 Å². The molecule has 0 aliphatic heterocycles. The van der Waals surface area contributed by atoms with E-state index in [2.05, 4.69) is 10.2 Å². The molecule has 114 valence electrons. The van der Waals surface area contributed by atoms with Crippen molar-refractivity contribution in [2.45, 2.75) is 24.8 Å². The number of nitrogens with one attached hydrogen (secondary N) is 1. The third kappa shape index (κ3) is 5.40. The van der Waals surface area contributed by atoms with E-state index in [0.29, 0.717) is 5.56 Å². The Bertz CT molecular complexity index is 399. The summed E-state index contributed by atoms with van der Waals surface area (Å²) in [5.41, 5.74) is 3.04. The second-order valence-electron chi connectivity index (χ2n) is 4.27. The zero-order valence-corrected chi connectivity index (χ0v) is 10.5. The van der Waals surface area contributed by atoms with Gasteiger partial charge in [0.05, 0.1) is 6.61 Å². The molecule has 0 saturated heterocycles. The summed E-state index contributed by atoms with van der Waals surface area (Å²) in [6.45, 7) is -1.65. The van der Waals surface area contributed by atoms with Gasteiger partial charge in [0.25, 0.3) is 0 Å². The van der Waals surface area contributed by atoms with Gasteiger partial charge in [-0.15, -0.1) is 0 Å². The lowest BCUT2D eigenvalue weighted by Gasteiger charge is -2.19. The molecule has 1 aromatic rings. The first-order valence-electron chi connectivity index (χ1n) is 5.79. The first-order valence-corrected chi connectivity index (χ1v) is 5.79. The van der Waals surface area contributed by atoms with Gasteiger partial charge in [-0.05, 0) is 24.1 Å². The topological polar surface area (TPSA) is 47.3 Å². The molecule has 0 fully saturated rings. The molecule has 0 radical (unpaired) electrons. The monoisotopic (exact) mass is 298 g/mol. The average Bonchev–Trinajstić information content (AvgIpc) is 2.39. The molecule has 1 rings (SSSR count). The Morgan fingerprint density at radius 3 is 2.30 bits per heavy atom. The van der Waals surface area contributed by atoms with Crippen LogP contribution in [0, 0.1) is 5.82 Å². The fraction of sp³-hybridized carbons (Fsp3) is 0.500. The minimum absolute atomic E-state index is 0.268. The van der Waals surface area contributed by atoms with Crippen LogP contribution in [0.3, 0.4) is 0 Å². The Labute approximate surface area is 112 Å². The number of alkyl halides is 4. The van der Waals surface area contributed by atoms with E-state index < -0.39 is 30.8 Å². The molecular formula is C12H15F5N2O. The van der Waals surface area contributed by atoms with Gasteiger partial charge in [-0.2, -0.15) is 8.78 Å². The Kier molecular flexibility index (Phi) is 6.31. The minimum Gasteiger partial charge on any atom is -0.373 e. The molecule has 0 amide bonds. The maximum Gasteiger partial charge on any atom is 0.330 e. The van der Waals surface area contributed by atoms with Gasteiger partial charge in [0.2, 0.25) is 0 Å². The van der Waals surface area contributed by atoms with Gasteiger partial charge in [0.15, 0.2) is 0 Å². The van der Waals surface area contributed by atoms with Gasteiger partial charge in [-0.25, -0.2) is 13.2 Å². The van der Waals surface area contributed by atoms with Crippen LogP contribution >= 0.6 is 0 Å². The van der Waals surface area contributed by atoms with Crippen LogP contribution in [0.4, 0.5) is 22.0 Å². The molecule has 0 spiro atoms. The number of nitrogens with two attached hydrogens (primary N) is 1. The van der Waals surface area contributed by atoms with Crippen LogP contribution in [0.5, 0.6) is 0 Å². The quantitative estimate of drug-likeness (QED) is 0.439. The lowest BCUT2D eigenvalue weighted by Crippen LogP contribution is -2.42. The van der Waals surface area contributed by atoms with Crippen LogP contribution in [-0.2, 0) is 11.2 Å². The van der Waals surface area contributed by atoms with Crippen molar-refractivity contribution in [3.05, 3.63) is 35.6 Å². The summed E-state index contributed by atoms with van der Waals surface area (Å²) in [7, 11) is 0. The van der Waals surface area contributed by atoms with Crippen LogP contribution in [0.1, 0.15) is 5.56 Å². The predicted molar refractivity (Wildman–Crippen MR) is 63.0 cm³/mol. The smallest absolute Gasteiger partial charge is 0.330 e. The molecule has 3 nitrogen and oxygen atoms in total. The summed E-state index contributed by atoms with van der Waals surface area (Å²) >= 11 is 0. The van der Waals surface area contributed by atoms with Crippen molar-refractivity contribution in [2.75, 3.05) is 13.2 Å². The first-order chi connectivity index (χ1) is 9.35. The van der Waals surface area contributed by atoms with Crippen LogP contribution in [0.25, 0.3) is 0 Å². The molecule has 0 aliphatic rings. The van der Waals surface area contributed by atoms with E-state index in [4.69, 9.17) is 5.84 Å². The molecule has 8 heteroatoms. The predicted octanol–water partition coefficient (Wildman–Crippen LogP) is 2.12. The Morgan fingerprint density at radius 2 is 1.80 bits per heavy atom. The molecule has 0 bridgehead atoms. The fourth-order valence-electron chi connectivity index (χ4n) is 1.47. The van der Waals surface area contributed by atoms with Crippen molar-refractivity contribution in [3.8, 4) is 0 Å². The number of ether oxygens (including phenoxy) is 1. The maximum atomic E-state index is 12.7. The van der Waals surface area contributed by atoms with Gasteiger partial charge in [-0.1, -0.05) is 12.1 Å².